The molecule has 0 aromatic heterocycles. The maximum Gasteiger partial charge on any atom is 0.246 e. The summed E-state index contributed by atoms with van der Waals surface area (Å²) in [4.78, 5) is 297. The highest BCUT2D eigenvalue weighted by atomic mass is 32.2. The van der Waals surface area contributed by atoms with Crippen molar-refractivity contribution in [3.63, 3.8) is 0 Å². The molecule has 0 saturated carbocycles. The number of hydrogen-bond donors (Lipinski definition) is 20. The highest BCUT2D eigenvalue weighted by Crippen LogP contribution is 2.26. The van der Waals surface area contributed by atoms with Gasteiger partial charge in [0.1, 0.15) is 96.1 Å². The Morgan fingerprint density at radius 3 is 1.05 bits per heavy atom. The summed E-state index contributed by atoms with van der Waals surface area (Å²) < 4.78 is 45.0. The smallest absolute Gasteiger partial charge is 0.246 e. The largest absolute Gasteiger partial charge is 0.497 e. The molecule has 1 unspecified atom stereocenters. The molecule has 46 nitrogen and oxygen atoms in total. The molecule has 2 aromatic carbocycles. The second-order valence-corrected chi connectivity index (χ2v) is 36.7. The normalized spacial score (nSPS) is 23.8. The summed E-state index contributed by atoms with van der Waals surface area (Å²) >= 11 is 2.27. The van der Waals surface area contributed by atoms with Crippen LogP contribution < -0.4 is 118 Å². The average molecular weight is 1980 g/mol. The summed E-state index contributed by atoms with van der Waals surface area (Å²) in [7, 11) is 2.98. The number of nitrogens with zero attached hydrogens (tertiary/aromatic N) is 2. The molecule has 6 rings (SSSR count). The third-order valence-electron chi connectivity index (χ3n) is 22.6. The van der Waals surface area contributed by atoms with E-state index in [1.807, 2.05) is 0 Å². The van der Waals surface area contributed by atoms with Gasteiger partial charge in [-0.2, -0.15) is 23.5 Å². The Kier molecular flexibility index (Phi) is 46.2. The zero-order valence-corrected chi connectivity index (χ0v) is 81.0. The fourth-order valence-electron chi connectivity index (χ4n) is 14.9. The lowest BCUT2D eigenvalue weighted by atomic mass is 9.96. The number of primary amides is 6. The van der Waals surface area contributed by atoms with Crippen molar-refractivity contribution in [1.29, 1.82) is 0 Å². The number of amides is 22. The van der Waals surface area contributed by atoms with E-state index in [4.69, 9.17) is 49.4 Å². The van der Waals surface area contributed by atoms with Gasteiger partial charge in [-0.25, -0.2) is 0 Å². The van der Waals surface area contributed by atoms with Crippen LogP contribution in [0.5, 0.6) is 11.5 Å². The zero-order chi connectivity index (χ0) is 106. The number of benzene rings is 2. The first kappa shape index (κ1) is 109. The first-order valence-corrected chi connectivity index (χ1v) is 48.0. The van der Waals surface area contributed by atoms with E-state index in [-0.39, 0.29) is 100 Å². The van der Waals surface area contributed by atoms with Crippen molar-refractivity contribution in [1.82, 2.24) is 84.2 Å². The predicted octanol–water partition coefficient (Wildman–Crippen LogP) is -5.00. The molecule has 0 bridgehead atoms. The third kappa shape index (κ3) is 39.7. The summed E-state index contributed by atoms with van der Waals surface area (Å²) in [5.41, 5.74) is 33.5. The number of carbonyl (C=O) groups excluding carboxylic acids is 22. The predicted molar refractivity (Wildman–Crippen MR) is 506 cm³/mol. The van der Waals surface area contributed by atoms with Crippen LogP contribution in [-0.2, 0) is 118 Å². The molecule has 4 heterocycles. The van der Waals surface area contributed by atoms with Gasteiger partial charge in [0.2, 0.25) is 130 Å². The minimum absolute atomic E-state index is 0.00301. The molecular formula is C90H138N22O24S2. The van der Waals surface area contributed by atoms with Gasteiger partial charge in [-0.15, -0.1) is 0 Å². The number of nitrogens with two attached hydrogens (primary N) is 6. The third-order valence-corrected chi connectivity index (χ3v) is 24.9. The van der Waals surface area contributed by atoms with E-state index in [1.165, 1.54) is 41.9 Å². The highest BCUT2D eigenvalue weighted by Gasteiger charge is 2.45. The molecular weight excluding hydrogens is 1840 g/mol. The average Bonchev–Trinajstić information content (AvgIpc) is 1.49. The Labute approximate surface area is 815 Å². The zero-order valence-electron chi connectivity index (χ0n) is 83.4. The van der Waals surface area contributed by atoms with Gasteiger partial charge in [-0.3, -0.25) is 105 Å². The number of thioether (sulfide) groups is 2. The molecule has 26 N–H and O–H groups in total. The van der Waals surface area contributed by atoms with Crippen molar-refractivity contribution in [2.45, 2.75) is 268 Å². The Balaban J connectivity index is 0.000000500. The van der Waals surface area contributed by atoms with Crippen LogP contribution in [0.25, 0.3) is 0 Å². The Hall–Kier alpha value is -12.9. The molecule has 2 aromatic rings. The van der Waals surface area contributed by atoms with Gasteiger partial charge < -0.3 is 128 Å². The van der Waals surface area contributed by atoms with E-state index >= 15 is 0 Å². The lowest BCUT2D eigenvalue weighted by molar-refractivity contribution is -0.142. The maximum atomic E-state index is 14.5. The van der Waals surface area contributed by atoms with Crippen molar-refractivity contribution in [2.24, 2.45) is 58.1 Å². The summed E-state index contributed by atoms with van der Waals surface area (Å²) in [5, 5.41) is 35.2. The number of likely N-dealkylation sites (tertiary alicyclic amines) is 2. The maximum absolute atomic E-state index is 14.5. The van der Waals surface area contributed by atoms with Gasteiger partial charge in [0.25, 0.3) is 0 Å². The topological polar surface area (TPSA) is 725 Å². The molecule has 16 atom stereocenters. The van der Waals surface area contributed by atoms with Crippen LogP contribution in [0.2, 0.25) is 0 Å². The molecule has 4 aliphatic heterocycles. The van der Waals surface area contributed by atoms with Crippen molar-refractivity contribution >= 4 is 153 Å². The molecule has 4 fully saturated rings. The Morgan fingerprint density at radius 2 is 0.746 bits per heavy atom. The molecule has 0 aliphatic carbocycles. The number of rotatable bonds is 36. The second kappa shape index (κ2) is 58.6. The van der Waals surface area contributed by atoms with Gasteiger partial charge in [-0.1, -0.05) is 92.5 Å². The summed E-state index contributed by atoms with van der Waals surface area (Å²) in [6, 6.07) is -7.23. The standard InChI is InChI=1S/2C45H69N11O12S/c2*1-6-25(4)38-44(66)51-28(15-16-34(46)57)40(62)52-31(21-35(47)58)41(63)54-32(23-69-18-8-10-37(60)50-30(42(64)55-38)20-26-11-13-27(68-5)14-12-26)45(67)56-17-7-9-33(56)43(65)53-29(19-24(2)3)39(61)49-22-36(48)59/h2*11-14,24-25,28-33,38H,6-10,15-23H2,1-5H3,(H2,46,57)(H2,47,58)(H2,48,59)(H,49,61)(H,50,60)(H,51,66)(H,52,62)(H,53,65)(H,54,63)(H,55,64)/t25-,28-,29?,30-,31-,32-,33-,38-;25-,28-,29+,30-,31-,32-,33-,38-/m00/s1/i2*19D2. The number of nitrogens with one attached hydrogen (secondary N) is 14. The van der Waals surface area contributed by atoms with E-state index in [0.29, 0.717) is 35.5 Å². The molecule has 48 heteroatoms. The van der Waals surface area contributed by atoms with E-state index in [9.17, 15) is 105 Å². The van der Waals surface area contributed by atoms with Crippen LogP contribution in [0.15, 0.2) is 48.5 Å². The molecule has 22 amide bonds. The molecule has 4 saturated heterocycles. The summed E-state index contributed by atoms with van der Waals surface area (Å²) in [6.07, 6.45) is -6.33. The van der Waals surface area contributed by atoms with Gasteiger partial charge >= 0.3 is 0 Å². The monoisotopic (exact) mass is 1980 g/mol. The minimum atomic E-state index is -2.35. The van der Waals surface area contributed by atoms with Crippen LogP contribution in [0.3, 0.4) is 0 Å². The van der Waals surface area contributed by atoms with Crippen LogP contribution in [0, 0.1) is 23.7 Å². The lowest BCUT2D eigenvalue weighted by Crippen LogP contribution is -2.61. The molecule has 0 spiro atoms. The number of carbonyl (C=O) groups is 22. The van der Waals surface area contributed by atoms with Crippen LogP contribution >= 0.6 is 23.5 Å². The minimum Gasteiger partial charge on any atom is -0.497 e. The van der Waals surface area contributed by atoms with E-state index in [2.05, 4.69) is 74.4 Å². The van der Waals surface area contributed by atoms with Crippen LogP contribution in [0.1, 0.15) is 187 Å². The van der Waals surface area contributed by atoms with Crippen molar-refractivity contribution < 1.29 is 120 Å². The fourth-order valence-corrected chi connectivity index (χ4v) is 16.8. The first-order chi connectivity index (χ1) is 66.8. The van der Waals surface area contributed by atoms with E-state index in [0.717, 1.165) is 33.3 Å². The molecule has 4 aliphatic rings. The van der Waals surface area contributed by atoms with Gasteiger partial charge in [-0.05, 0) is 135 Å². The van der Waals surface area contributed by atoms with Crippen molar-refractivity contribution in [3.8, 4) is 11.5 Å². The van der Waals surface area contributed by atoms with Gasteiger partial charge in [0.15, 0.2) is 0 Å². The number of ether oxygens (including phenoxy) is 2. The second-order valence-electron chi connectivity index (χ2n) is 34.4. The van der Waals surface area contributed by atoms with E-state index in [1.54, 1.807) is 76.2 Å². The van der Waals surface area contributed by atoms with Crippen molar-refractivity contribution in [2.75, 3.05) is 63.4 Å². The van der Waals surface area contributed by atoms with Gasteiger partial charge in [0, 0.05) is 68.6 Å². The lowest BCUT2D eigenvalue weighted by Gasteiger charge is -2.31. The number of methoxy groups -OCH3 is 2. The van der Waals surface area contributed by atoms with Crippen LogP contribution in [-0.4, -0.2) is 288 Å². The van der Waals surface area contributed by atoms with E-state index < -0.39 is 303 Å². The molecule has 138 heavy (non-hydrogen) atoms. The summed E-state index contributed by atoms with van der Waals surface area (Å²) in [5.74, 6) is -21.1. The first-order valence-electron chi connectivity index (χ1n) is 47.7. The molecule has 764 valence electrons. The van der Waals surface area contributed by atoms with Crippen LogP contribution in [0.4, 0.5) is 0 Å². The Morgan fingerprint density at radius 1 is 0.420 bits per heavy atom. The SMILES string of the molecule is [2H]C([2H])(C(C)C)C(NC(=O)[C@@H]1CCCN1C(=O)[C@@H]1CSCCCC(=O)N[C@@H](Cc2ccc(OC)cc2)C(=O)N[C@@H]([C@@H](C)CC)C(=O)N[C@@H](CCC(N)=O)C(=O)N[C@@H](CC(N)=O)C(=O)N1)C(=O)NCC(N)=O.[2H]C([2H])(C(C)C)[C@@H](NC(=O)[C@@H]1CCCN1C(=O)[C@@H]1CSCCCC(=O)N[C@@H](Cc2ccc(OC)cc2)C(=O)N[C@@H]([C@@H](C)CC)C(=O)N[C@@H](CCC(N)=O)C(=O)N[C@@H](CC(N)=O)C(=O)N1)C(=O)NCC(N)=O. The summed E-state index contributed by atoms with van der Waals surface area (Å²) in [6.45, 7) is 11.5. The Bertz CT molecular complexity index is 4530. The van der Waals surface area contributed by atoms with Crippen molar-refractivity contribution in [3.05, 3.63) is 59.7 Å². The number of hydrogen-bond acceptors (Lipinski definition) is 26. The fraction of sp³-hybridized carbons (Fsp3) is 0.622. The highest BCUT2D eigenvalue weighted by molar-refractivity contribution is 7.99. The van der Waals surface area contributed by atoms with Gasteiger partial charge in [0.05, 0.1) is 40.2 Å². The molecule has 0 radical (unpaired) electrons. The quantitative estimate of drug-likeness (QED) is 0.0304.